The molecule has 0 aromatic heterocycles. The number of allylic oxidation sites excluding steroid dienone is 1. The van der Waals surface area contributed by atoms with E-state index in [1.807, 2.05) is 6.07 Å². The van der Waals surface area contributed by atoms with E-state index in [0.717, 1.165) is 51.4 Å². The summed E-state index contributed by atoms with van der Waals surface area (Å²) < 4.78 is 29.8. The molecular formula is C38H62NO7P. The lowest BCUT2D eigenvalue weighted by molar-refractivity contribution is -0.185. The van der Waals surface area contributed by atoms with Crippen LogP contribution in [0, 0.1) is 0 Å². The van der Waals surface area contributed by atoms with E-state index >= 15 is 0 Å². The van der Waals surface area contributed by atoms with Gasteiger partial charge in [0.2, 0.25) is 5.91 Å². The van der Waals surface area contributed by atoms with Crippen LogP contribution in [0.25, 0.3) is 0 Å². The summed E-state index contributed by atoms with van der Waals surface area (Å²) in [5, 5.41) is 3.18. The van der Waals surface area contributed by atoms with Crippen molar-refractivity contribution in [2.75, 3.05) is 13.2 Å². The number of hydrogen-bond acceptors (Lipinski definition) is 7. The number of rotatable bonds is 26. The fraction of sp³-hybridized carbons (Fsp3) is 0.737. The molecule has 8 nitrogen and oxygen atoms in total. The highest BCUT2D eigenvalue weighted by atomic mass is 31.2. The molecule has 0 saturated carbocycles. The molecule has 0 radical (unpaired) electrons. The van der Waals surface area contributed by atoms with Gasteiger partial charge in [0.25, 0.3) is 0 Å². The lowest BCUT2D eigenvalue weighted by Gasteiger charge is -2.32. The van der Waals surface area contributed by atoms with Crippen molar-refractivity contribution in [3.63, 3.8) is 0 Å². The third-order valence-electron chi connectivity index (χ3n) is 8.79. The van der Waals surface area contributed by atoms with Crippen LogP contribution in [0.15, 0.2) is 36.4 Å². The first-order valence-corrected chi connectivity index (χ1v) is 19.9. The summed E-state index contributed by atoms with van der Waals surface area (Å²) in [6, 6.07) is 6.48. The average molecular weight is 676 g/mol. The summed E-state index contributed by atoms with van der Waals surface area (Å²) in [5.41, 5.74) is 0.378. The Morgan fingerprint density at radius 3 is 2.23 bits per heavy atom. The van der Waals surface area contributed by atoms with Gasteiger partial charge in [-0.05, 0) is 50.7 Å². The third-order valence-corrected chi connectivity index (χ3v) is 9.81. The minimum Gasteiger partial charge on any atom is -0.417 e. The zero-order valence-electron chi connectivity index (χ0n) is 29.3. The Bertz CT molecular complexity index is 1020. The Kier molecular flexibility index (Phi) is 21.0. The van der Waals surface area contributed by atoms with Crippen molar-refractivity contribution in [2.24, 2.45) is 0 Å². The van der Waals surface area contributed by atoms with Gasteiger partial charge in [-0.15, -0.1) is 0 Å². The van der Waals surface area contributed by atoms with Gasteiger partial charge in [-0.3, -0.25) is 9.32 Å². The van der Waals surface area contributed by atoms with Crippen LogP contribution >= 0.6 is 8.60 Å². The highest BCUT2D eigenvalue weighted by Gasteiger charge is 2.33. The first-order chi connectivity index (χ1) is 23.1. The van der Waals surface area contributed by atoms with E-state index < -0.39 is 26.7 Å². The highest BCUT2D eigenvalue weighted by molar-refractivity contribution is 7.43. The summed E-state index contributed by atoms with van der Waals surface area (Å²) in [6.45, 7) is 5.19. The fourth-order valence-corrected chi connectivity index (χ4v) is 6.91. The number of carbonyl (C=O) groups is 2. The van der Waals surface area contributed by atoms with Crippen LogP contribution in [0.2, 0.25) is 0 Å². The van der Waals surface area contributed by atoms with Crippen LogP contribution in [-0.4, -0.2) is 43.5 Å². The maximum absolute atomic E-state index is 13.1. The molecule has 1 aromatic rings. The lowest BCUT2D eigenvalue weighted by atomic mass is 10.0. The van der Waals surface area contributed by atoms with E-state index in [9.17, 15) is 9.59 Å². The second-order valence-electron chi connectivity index (χ2n) is 13.0. The molecule has 2 unspecified atom stereocenters. The van der Waals surface area contributed by atoms with Gasteiger partial charge in [0, 0.05) is 13.0 Å². The Balaban J connectivity index is 1.56. The molecule has 0 spiro atoms. The highest BCUT2D eigenvalue weighted by Crippen LogP contribution is 2.47. The fourth-order valence-electron chi connectivity index (χ4n) is 5.94. The Morgan fingerprint density at radius 2 is 1.55 bits per heavy atom. The van der Waals surface area contributed by atoms with Gasteiger partial charge in [-0.2, -0.15) is 0 Å². The first kappa shape index (κ1) is 39.4. The molecule has 1 aromatic carbocycles. The molecular weight excluding hydrogens is 613 g/mol. The Hall–Kier alpha value is -1.99. The summed E-state index contributed by atoms with van der Waals surface area (Å²) in [5.74, 6) is -0.0644. The topological polar surface area (TPSA) is 92.3 Å². The number of nitrogens with one attached hydrogen (secondary N) is 1. The molecule has 1 N–H and O–H groups in total. The van der Waals surface area contributed by atoms with E-state index in [0.29, 0.717) is 24.3 Å². The van der Waals surface area contributed by atoms with Crippen LogP contribution in [0.1, 0.15) is 159 Å². The van der Waals surface area contributed by atoms with Gasteiger partial charge >= 0.3 is 14.6 Å². The lowest BCUT2D eigenvalue weighted by Crippen LogP contribution is -2.48. The van der Waals surface area contributed by atoms with Gasteiger partial charge in [0.05, 0.1) is 12.6 Å². The van der Waals surface area contributed by atoms with Crippen molar-refractivity contribution in [3.8, 4) is 5.75 Å². The molecule has 2 aliphatic heterocycles. The largest absolute Gasteiger partial charge is 0.465 e. The van der Waals surface area contributed by atoms with Crippen molar-refractivity contribution in [2.45, 2.75) is 167 Å². The molecule has 1 amide bonds. The average Bonchev–Trinajstić information content (AvgIpc) is 3.08. The molecule has 1 saturated heterocycles. The standard InChI is InChI=1S/C38H62NO7P/c1-3-5-7-9-10-11-12-13-14-15-16-18-19-27-35(44-37-29-23-24-30-42-37)33(39-36(40)28-20-17-8-6-4-2)31-43-47-45-34-26-22-21-25-32(34)38(41)46-47/h19,21-22,25-27,33,35,37H,3-18,20,23-24,28-31H2,1-2H3,(H,39,40)/b27-19+/t33-,35+,37?,47?/m0/s1. The Labute approximate surface area is 286 Å². The number of para-hydroxylation sites is 1. The number of ether oxygens (including phenoxy) is 2. The molecule has 47 heavy (non-hydrogen) atoms. The predicted octanol–water partition coefficient (Wildman–Crippen LogP) is 10.5. The molecule has 0 aliphatic carbocycles. The van der Waals surface area contributed by atoms with Crippen LogP contribution < -0.4 is 9.84 Å². The molecule has 2 aliphatic rings. The predicted molar refractivity (Wildman–Crippen MR) is 189 cm³/mol. The molecule has 9 heteroatoms. The maximum Gasteiger partial charge on any atom is 0.465 e. The van der Waals surface area contributed by atoms with Crippen LogP contribution in [0.3, 0.4) is 0 Å². The zero-order valence-corrected chi connectivity index (χ0v) is 30.2. The number of fused-ring (bicyclic) bond motifs is 1. The van der Waals surface area contributed by atoms with E-state index in [-0.39, 0.29) is 18.8 Å². The minimum atomic E-state index is -1.96. The van der Waals surface area contributed by atoms with Crippen LogP contribution in [-0.2, 0) is 23.3 Å². The molecule has 2 heterocycles. The van der Waals surface area contributed by atoms with Crippen molar-refractivity contribution in [1.82, 2.24) is 5.32 Å². The molecule has 3 rings (SSSR count). The number of carbonyl (C=O) groups excluding carboxylic acids is 2. The summed E-state index contributed by atoms with van der Waals surface area (Å²) in [4.78, 5) is 25.7. The Morgan fingerprint density at radius 1 is 0.894 bits per heavy atom. The van der Waals surface area contributed by atoms with Gasteiger partial charge in [-0.25, -0.2) is 4.79 Å². The summed E-state index contributed by atoms with van der Waals surface area (Å²) in [6.07, 6.45) is 27.5. The number of hydrogen-bond donors (Lipinski definition) is 1. The SMILES string of the molecule is CCCCCCCCCCCCC/C=C/[C@@H](OC1CCCCO1)[C@H](COP1OC(=O)c2ccccc2O1)NC(=O)CCCCCCC. The van der Waals surface area contributed by atoms with Crippen LogP contribution in [0.5, 0.6) is 5.75 Å². The number of benzene rings is 1. The van der Waals surface area contributed by atoms with Crippen molar-refractivity contribution in [3.05, 3.63) is 42.0 Å². The zero-order chi connectivity index (χ0) is 33.4. The first-order valence-electron chi connectivity index (χ1n) is 18.8. The number of unbranched alkanes of at least 4 members (excludes halogenated alkanes) is 15. The minimum absolute atomic E-state index is 0.0355. The molecule has 4 atom stereocenters. The summed E-state index contributed by atoms with van der Waals surface area (Å²) in [7, 11) is -1.96. The van der Waals surface area contributed by atoms with Gasteiger partial charge in [-0.1, -0.05) is 128 Å². The van der Waals surface area contributed by atoms with Crippen molar-refractivity contribution >= 4 is 20.5 Å². The van der Waals surface area contributed by atoms with E-state index in [1.165, 1.54) is 77.0 Å². The molecule has 0 bridgehead atoms. The van der Waals surface area contributed by atoms with Gasteiger partial charge in [0.15, 0.2) is 6.29 Å². The van der Waals surface area contributed by atoms with E-state index in [4.69, 9.17) is 23.0 Å². The third kappa shape index (κ3) is 16.8. The number of amides is 1. The quantitative estimate of drug-likeness (QED) is 0.0593. The van der Waals surface area contributed by atoms with E-state index in [2.05, 4.69) is 31.3 Å². The smallest absolute Gasteiger partial charge is 0.417 e. The monoisotopic (exact) mass is 675 g/mol. The second kappa shape index (κ2) is 25.0. The normalized spacial score (nSPS) is 19.1. The van der Waals surface area contributed by atoms with Crippen LogP contribution in [0.4, 0.5) is 0 Å². The second-order valence-corrected chi connectivity index (χ2v) is 14.0. The van der Waals surface area contributed by atoms with Crippen molar-refractivity contribution in [1.29, 1.82) is 0 Å². The van der Waals surface area contributed by atoms with Gasteiger partial charge in [0.1, 0.15) is 17.4 Å². The maximum atomic E-state index is 13.1. The van der Waals surface area contributed by atoms with E-state index in [1.54, 1.807) is 18.2 Å². The van der Waals surface area contributed by atoms with Crippen molar-refractivity contribution < 1.29 is 32.6 Å². The summed E-state index contributed by atoms with van der Waals surface area (Å²) >= 11 is 0. The molecule has 1 fully saturated rings. The van der Waals surface area contributed by atoms with Gasteiger partial charge < -0.3 is 23.8 Å². The molecule has 266 valence electrons.